The van der Waals surface area contributed by atoms with Crippen LogP contribution >= 0.6 is 11.6 Å². The van der Waals surface area contributed by atoms with E-state index in [2.05, 4.69) is 35.2 Å². The fourth-order valence-electron chi connectivity index (χ4n) is 3.49. The number of benzene rings is 2. The van der Waals surface area contributed by atoms with Crippen LogP contribution in [-0.2, 0) is 11.2 Å². The normalized spacial score (nSPS) is 20.0. The second-order valence-corrected chi connectivity index (χ2v) is 7.57. The van der Waals surface area contributed by atoms with Crippen molar-refractivity contribution >= 4 is 17.5 Å². The van der Waals surface area contributed by atoms with Gasteiger partial charge >= 0.3 is 0 Å². The summed E-state index contributed by atoms with van der Waals surface area (Å²) in [6.07, 6.45) is 1.85. The molecule has 0 spiro atoms. The third-order valence-corrected chi connectivity index (χ3v) is 5.33. The highest BCUT2D eigenvalue weighted by molar-refractivity contribution is 6.32. The van der Waals surface area contributed by atoms with E-state index in [0.717, 1.165) is 18.4 Å². The lowest BCUT2D eigenvalue weighted by Crippen LogP contribution is -2.40. The number of rotatable bonds is 8. The molecule has 3 unspecified atom stereocenters. The summed E-state index contributed by atoms with van der Waals surface area (Å²) in [5.41, 5.74) is 8.57. The third-order valence-electron chi connectivity index (χ3n) is 5.03. The minimum Gasteiger partial charge on any atom is -0.492 e. The molecule has 3 rings (SSSR count). The molecule has 1 aliphatic heterocycles. The number of aryl methyl sites for hydroxylation is 1. The molecule has 1 aliphatic rings. The van der Waals surface area contributed by atoms with Crippen LogP contribution in [0.1, 0.15) is 37.4 Å². The molecule has 5 nitrogen and oxygen atoms in total. The molecule has 0 bridgehead atoms. The van der Waals surface area contributed by atoms with Gasteiger partial charge in [0.25, 0.3) is 0 Å². The number of nitrogens with one attached hydrogen (secondary N) is 3. The summed E-state index contributed by atoms with van der Waals surface area (Å²) in [5.74, 6) is 0.510. The maximum Gasteiger partial charge on any atom is 0.226 e. The van der Waals surface area contributed by atoms with Crippen molar-refractivity contribution in [2.24, 2.45) is 5.92 Å². The fraction of sp³-hybridized carbons (Fsp3) is 0.409. The smallest absolute Gasteiger partial charge is 0.226 e. The van der Waals surface area contributed by atoms with Crippen LogP contribution in [-0.4, -0.2) is 25.1 Å². The number of hydrazine groups is 1. The lowest BCUT2D eigenvalue weighted by Gasteiger charge is -2.22. The largest absolute Gasteiger partial charge is 0.492 e. The van der Waals surface area contributed by atoms with E-state index in [4.69, 9.17) is 16.3 Å². The lowest BCUT2D eigenvalue weighted by molar-refractivity contribution is -0.125. The number of ether oxygens (including phenoxy) is 1. The highest BCUT2D eigenvalue weighted by Crippen LogP contribution is 2.32. The summed E-state index contributed by atoms with van der Waals surface area (Å²) in [6, 6.07) is 16.0. The molecule has 2 aromatic carbocycles. The fourth-order valence-corrected chi connectivity index (χ4v) is 3.73. The van der Waals surface area contributed by atoms with Gasteiger partial charge in [0, 0.05) is 12.6 Å². The van der Waals surface area contributed by atoms with Crippen molar-refractivity contribution in [3.05, 3.63) is 64.7 Å². The molecule has 0 radical (unpaired) electrons. The second-order valence-electron chi connectivity index (χ2n) is 7.17. The van der Waals surface area contributed by atoms with Crippen molar-refractivity contribution in [2.75, 3.05) is 13.2 Å². The van der Waals surface area contributed by atoms with Gasteiger partial charge in [0.15, 0.2) is 0 Å². The molecule has 1 amide bonds. The molecule has 3 N–H and O–H groups in total. The maximum atomic E-state index is 12.9. The first-order valence-electron chi connectivity index (χ1n) is 9.83. The van der Waals surface area contributed by atoms with Gasteiger partial charge in [-0.2, -0.15) is 0 Å². The molecule has 28 heavy (non-hydrogen) atoms. The zero-order chi connectivity index (χ0) is 19.9. The van der Waals surface area contributed by atoms with E-state index < -0.39 is 0 Å². The Morgan fingerprint density at radius 3 is 2.79 bits per heavy atom. The molecule has 1 saturated heterocycles. The van der Waals surface area contributed by atoms with Gasteiger partial charge in [-0.25, -0.2) is 5.43 Å². The standard InChI is InChI=1S/C22H28ClN3O2/c1-3-28-20-12-11-17(13-19(20)23)21-18(14-24-26-21)22(27)25-15(2)9-10-16-7-5-4-6-8-16/h4-8,11-13,15,18,21,24,26H,3,9-10,14H2,1-2H3,(H,25,27). The SMILES string of the molecule is CCOc1ccc(C2NNCC2C(=O)NC(C)CCc2ccccc2)cc1Cl. The topological polar surface area (TPSA) is 62.4 Å². The average molecular weight is 402 g/mol. The van der Waals surface area contributed by atoms with E-state index in [1.807, 2.05) is 43.3 Å². The van der Waals surface area contributed by atoms with E-state index in [1.165, 1.54) is 5.56 Å². The van der Waals surface area contributed by atoms with E-state index in [0.29, 0.717) is 23.9 Å². The van der Waals surface area contributed by atoms with Crippen molar-refractivity contribution in [3.63, 3.8) is 0 Å². The minimum atomic E-state index is -0.201. The van der Waals surface area contributed by atoms with E-state index in [-0.39, 0.29) is 23.9 Å². The molecule has 1 heterocycles. The number of hydrogen-bond donors (Lipinski definition) is 3. The molecule has 6 heteroatoms. The van der Waals surface area contributed by atoms with Gasteiger partial charge in [0.1, 0.15) is 5.75 Å². The maximum absolute atomic E-state index is 12.9. The Labute approximate surface area is 171 Å². The van der Waals surface area contributed by atoms with Crippen molar-refractivity contribution in [1.82, 2.24) is 16.2 Å². The Morgan fingerprint density at radius 2 is 2.07 bits per heavy atom. The molecule has 0 aromatic heterocycles. The Hall–Kier alpha value is -2.08. The highest BCUT2D eigenvalue weighted by atomic mass is 35.5. The second kappa shape index (κ2) is 9.92. The first-order valence-corrected chi connectivity index (χ1v) is 10.2. The van der Waals surface area contributed by atoms with Gasteiger partial charge in [0.2, 0.25) is 5.91 Å². The molecule has 2 aromatic rings. The molecular weight excluding hydrogens is 374 g/mol. The van der Waals surface area contributed by atoms with Crippen LogP contribution in [0, 0.1) is 5.92 Å². The number of halogens is 1. The number of hydrogen-bond acceptors (Lipinski definition) is 4. The van der Waals surface area contributed by atoms with Gasteiger partial charge < -0.3 is 10.1 Å². The van der Waals surface area contributed by atoms with Gasteiger partial charge in [-0.3, -0.25) is 10.2 Å². The molecular formula is C22H28ClN3O2. The Balaban J connectivity index is 1.59. The van der Waals surface area contributed by atoms with Crippen LogP contribution < -0.4 is 20.9 Å². The highest BCUT2D eigenvalue weighted by Gasteiger charge is 2.34. The third kappa shape index (κ3) is 5.25. The summed E-state index contributed by atoms with van der Waals surface area (Å²) >= 11 is 6.32. The zero-order valence-corrected chi connectivity index (χ0v) is 17.1. The lowest BCUT2D eigenvalue weighted by atomic mass is 9.93. The summed E-state index contributed by atoms with van der Waals surface area (Å²) in [6.45, 7) is 5.12. The molecule has 3 atom stereocenters. The van der Waals surface area contributed by atoms with Crippen LogP contribution in [0.4, 0.5) is 0 Å². The monoisotopic (exact) mass is 401 g/mol. The Bertz CT molecular complexity index is 785. The summed E-state index contributed by atoms with van der Waals surface area (Å²) in [7, 11) is 0. The first kappa shape index (κ1) is 20.6. The van der Waals surface area contributed by atoms with Crippen LogP contribution in [0.5, 0.6) is 5.75 Å². The summed E-state index contributed by atoms with van der Waals surface area (Å²) in [5, 5.41) is 3.72. The van der Waals surface area contributed by atoms with Crippen molar-refractivity contribution < 1.29 is 9.53 Å². The Morgan fingerprint density at radius 1 is 1.29 bits per heavy atom. The van der Waals surface area contributed by atoms with E-state index in [1.54, 1.807) is 0 Å². The quantitative estimate of drug-likeness (QED) is 0.632. The van der Waals surface area contributed by atoms with E-state index >= 15 is 0 Å². The van der Waals surface area contributed by atoms with Gasteiger partial charge in [-0.1, -0.05) is 48.0 Å². The van der Waals surface area contributed by atoms with E-state index in [9.17, 15) is 4.79 Å². The predicted molar refractivity (Wildman–Crippen MR) is 112 cm³/mol. The van der Waals surface area contributed by atoms with Crippen LogP contribution in [0.25, 0.3) is 0 Å². The molecule has 150 valence electrons. The van der Waals surface area contributed by atoms with Crippen molar-refractivity contribution in [1.29, 1.82) is 0 Å². The van der Waals surface area contributed by atoms with Gasteiger partial charge in [-0.05, 0) is 49.9 Å². The first-order chi connectivity index (χ1) is 13.6. The number of carbonyl (C=O) groups is 1. The Kier molecular flexibility index (Phi) is 7.31. The predicted octanol–water partition coefficient (Wildman–Crippen LogP) is 3.64. The van der Waals surface area contributed by atoms with Crippen LogP contribution in [0.2, 0.25) is 5.02 Å². The number of amides is 1. The van der Waals surface area contributed by atoms with Crippen LogP contribution in [0.15, 0.2) is 48.5 Å². The van der Waals surface area contributed by atoms with Crippen molar-refractivity contribution in [2.45, 2.75) is 38.8 Å². The average Bonchev–Trinajstić information content (AvgIpc) is 3.19. The molecule has 0 saturated carbocycles. The molecule has 1 fully saturated rings. The summed E-state index contributed by atoms with van der Waals surface area (Å²) in [4.78, 5) is 12.9. The van der Waals surface area contributed by atoms with Crippen molar-refractivity contribution in [3.8, 4) is 5.75 Å². The molecule has 0 aliphatic carbocycles. The summed E-state index contributed by atoms with van der Waals surface area (Å²) < 4.78 is 5.50. The zero-order valence-electron chi connectivity index (χ0n) is 16.4. The van der Waals surface area contributed by atoms with Gasteiger partial charge in [0.05, 0.1) is 23.6 Å². The minimum absolute atomic E-state index is 0.0491. The van der Waals surface area contributed by atoms with Gasteiger partial charge in [-0.15, -0.1) is 0 Å². The van der Waals surface area contributed by atoms with Crippen LogP contribution in [0.3, 0.4) is 0 Å². The number of carbonyl (C=O) groups excluding carboxylic acids is 1.